The number of amides is 1. The van der Waals surface area contributed by atoms with E-state index in [4.69, 9.17) is 9.97 Å². The zero-order valence-corrected chi connectivity index (χ0v) is 20.7. The van der Waals surface area contributed by atoms with Crippen molar-refractivity contribution in [2.75, 3.05) is 30.9 Å². The van der Waals surface area contributed by atoms with Gasteiger partial charge in [-0.2, -0.15) is 0 Å². The first-order valence-electron chi connectivity index (χ1n) is 12.2. The minimum absolute atomic E-state index is 0.00924. The summed E-state index contributed by atoms with van der Waals surface area (Å²) in [7, 11) is 4.07. The molecule has 2 aromatic heterocycles. The first kappa shape index (κ1) is 22.9. The maximum Gasteiger partial charge on any atom is 0.251 e. The summed E-state index contributed by atoms with van der Waals surface area (Å²) in [6, 6.07) is 16.5. The fourth-order valence-corrected chi connectivity index (χ4v) is 3.98. The lowest BCUT2D eigenvalue weighted by molar-refractivity contribution is 0.0951. The van der Waals surface area contributed by atoms with Crippen LogP contribution in [0.4, 0.5) is 11.5 Å². The van der Waals surface area contributed by atoms with Crippen molar-refractivity contribution in [3.8, 4) is 22.5 Å². The number of benzene rings is 2. The zero-order chi connectivity index (χ0) is 24.5. The van der Waals surface area contributed by atoms with Crippen LogP contribution in [0.3, 0.4) is 0 Å². The maximum absolute atomic E-state index is 12.4. The zero-order valence-electron chi connectivity index (χ0n) is 20.7. The Bertz CT molecular complexity index is 1330. The van der Waals surface area contributed by atoms with Gasteiger partial charge in [-0.25, -0.2) is 9.97 Å². The second-order valence-electron chi connectivity index (χ2n) is 9.85. The van der Waals surface area contributed by atoms with E-state index in [1.54, 1.807) is 0 Å². The van der Waals surface area contributed by atoms with Gasteiger partial charge in [-0.1, -0.05) is 38.1 Å². The van der Waals surface area contributed by atoms with Gasteiger partial charge in [0.2, 0.25) is 0 Å². The van der Waals surface area contributed by atoms with Crippen LogP contribution in [0.15, 0.2) is 60.9 Å². The van der Waals surface area contributed by atoms with Gasteiger partial charge in [-0.05, 0) is 43.0 Å². The van der Waals surface area contributed by atoms with Crippen LogP contribution in [0.2, 0.25) is 0 Å². The van der Waals surface area contributed by atoms with Crippen LogP contribution in [-0.2, 0) is 0 Å². The highest BCUT2D eigenvalue weighted by molar-refractivity contribution is 5.95. The van der Waals surface area contributed by atoms with Gasteiger partial charge in [0.05, 0.1) is 17.6 Å². The lowest BCUT2D eigenvalue weighted by Crippen LogP contribution is -2.25. The van der Waals surface area contributed by atoms with Crippen molar-refractivity contribution >= 4 is 23.1 Å². The summed E-state index contributed by atoms with van der Waals surface area (Å²) in [5, 5.41) is 6.53. The van der Waals surface area contributed by atoms with Crippen LogP contribution >= 0.6 is 0 Å². The van der Waals surface area contributed by atoms with E-state index in [0.29, 0.717) is 17.5 Å². The molecule has 0 saturated heterocycles. The lowest BCUT2D eigenvalue weighted by Gasteiger charge is -2.14. The second kappa shape index (κ2) is 9.41. The fraction of sp³-hybridized carbons (Fsp3) is 0.321. The molecule has 2 N–H and O–H groups in total. The predicted molar refractivity (Wildman–Crippen MR) is 142 cm³/mol. The van der Waals surface area contributed by atoms with Gasteiger partial charge >= 0.3 is 0 Å². The summed E-state index contributed by atoms with van der Waals surface area (Å²) in [6.45, 7) is 5.15. The number of anilines is 2. The van der Waals surface area contributed by atoms with E-state index >= 15 is 0 Å². The van der Waals surface area contributed by atoms with Crippen LogP contribution in [0, 0.1) is 5.92 Å². The van der Waals surface area contributed by atoms with E-state index in [2.05, 4.69) is 58.0 Å². The number of aromatic nitrogens is 3. The van der Waals surface area contributed by atoms with Gasteiger partial charge in [-0.15, -0.1) is 0 Å². The van der Waals surface area contributed by atoms with E-state index in [-0.39, 0.29) is 5.91 Å². The topological polar surface area (TPSA) is 74.6 Å². The summed E-state index contributed by atoms with van der Waals surface area (Å²) in [6.07, 6.45) is 6.06. The molecule has 180 valence electrons. The van der Waals surface area contributed by atoms with Gasteiger partial charge < -0.3 is 15.5 Å². The molecule has 2 aromatic carbocycles. The third-order valence-electron chi connectivity index (χ3n) is 6.20. The third-order valence-corrected chi connectivity index (χ3v) is 6.20. The molecule has 1 aliphatic rings. The average molecular weight is 469 g/mol. The number of hydrogen-bond acceptors (Lipinski definition) is 5. The Morgan fingerprint density at radius 1 is 1.06 bits per heavy atom. The molecule has 1 aliphatic carbocycles. The van der Waals surface area contributed by atoms with Crippen LogP contribution in [0.25, 0.3) is 28.2 Å². The molecule has 0 bridgehead atoms. The molecule has 5 rings (SSSR count). The Balaban J connectivity index is 1.53. The minimum atomic E-state index is -0.00924. The lowest BCUT2D eigenvalue weighted by atomic mass is 10.1. The first-order valence-corrected chi connectivity index (χ1v) is 12.2. The molecule has 1 fully saturated rings. The van der Waals surface area contributed by atoms with Gasteiger partial charge in [0.1, 0.15) is 0 Å². The SMILES string of the molecule is CC(C)CNc1nc(-c2ccc(N(C)C)cc2)cn2c(-c3ccc(C(=O)NC4CC4)cc3)cnc12. The fourth-order valence-electron chi connectivity index (χ4n) is 3.98. The molecule has 2 heterocycles. The van der Waals surface area contributed by atoms with E-state index in [1.165, 1.54) is 0 Å². The highest BCUT2D eigenvalue weighted by Crippen LogP contribution is 2.29. The van der Waals surface area contributed by atoms with Gasteiger partial charge in [0, 0.05) is 55.3 Å². The Kier molecular flexibility index (Phi) is 6.16. The van der Waals surface area contributed by atoms with Gasteiger partial charge in [0.25, 0.3) is 5.91 Å². The van der Waals surface area contributed by atoms with Crippen molar-refractivity contribution in [2.24, 2.45) is 5.92 Å². The molecule has 0 aliphatic heterocycles. The smallest absolute Gasteiger partial charge is 0.251 e. The van der Waals surface area contributed by atoms with Crippen molar-refractivity contribution < 1.29 is 4.79 Å². The summed E-state index contributed by atoms with van der Waals surface area (Å²) in [5.74, 6) is 1.23. The molecule has 4 aromatic rings. The number of rotatable bonds is 8. The summed E-state index contributed by atoms with van der Waals surface area (Å²) >= 11 is 0. The van der Waals surface area contributed by atoms with Crippen LogP contribution < -0.4 is 15.5 Å². The Hall–Kier alpha value is -3.87. The van der Waals surface area contributed by atoms with Crippen molar-refractivity contribution in [1.29, 1.82) is 0 Å². The molecular weight excluding hydrogens is 436 g/mol. The Labute approximate surface area is 206 Å². The Morgan fingerprint density at radius 2 is 1.74 bits per heavy atom. The average Bonchev–Trinajstić information content (AvgIpc) is 3.57. The summed E-state index contributed by atoms with van der Waals surface area (Å²) in [5.41, 5.74) is 6.46. The molecule has 0 radical (unpaired) electrons. The molecule has 0 spiro atoms. The summed E-state index contributed by atoms with van der Waals surface area (Å²) < 4.78 is 2.09. The molecule has 1 amide bonds. The van der Waals surface area contributed by atoms with E-state index in [0.717, 1.165) is 59.1 Å². The van der Waals surface area contributed by atoms with Gasteiger partial charge in [-0.3, -0.25) is 9.20 Å². The van der Waals surface area contributed by atoms with Crippen molar-refractivity contribution in [3.05, 3.63) is 66.5 Å². The minimum Gasteiger partial charge on any atom is -0.378 e. The molecule has 0 unspecified atom stereocenters. The third kappa shape index (κ3) is 4.99. The molecule has 0 atom stereocenters. The number of carbonyl (C=O) groups is 1. The monoisotopic (exact) mass is 468 g/mol. The van der Waals surface area contributed by atoms with Crippen molar-refractivity contribution in [2.45, 2.75) is 32.7 Å². The number of carbonyl (C=O) groups excluding carboxylic acids is 1. The number of fused-ring (bicyclic) bond motifs is 1. The Morgan fingerprint density at radius 3 is 2.37 bits per heavy atom. The number of nitrogens with zero attached hydrogens (tertiary/aromatic N) is 4. The van der Waals surface area contributed by atoms with Crippen LogP contribution in [0.5, 0.6) is 0 Å². The molecule has 7 heteroatoms. The van der Waals surface area contributed by atoms with E-state index < -0.39 is 0 Å². The number of imidazole rings is 1. The van der Waals surface area contributed by atoms with Gasteiger partial charge in [0.15, 0.2) is 11.5 Å². The maximum atomic E-state index is 12.4. The largest absolute Gasteiger partial charge is 0.378 e. The van der Waals surface area contributed by atoms with E-state index in [1.807, 2.05) is 50.8 Å². The molecule has 1 saturated carbocycles. The normalized spacial score (nSPS) is 13.3. The first-order chi connectivity index (χ1) is 16.9. The quantitative estimate of drug-likeness (QED) is 0.377. The van der Waals surface area contributed by atoms with E-state index in [9.17, 15) is 4.79 Å². The second-order valence-corrected chi connectivity index (χ2v) is 9.85. The highest BCUT2D eigenvalue weighted by atomic mass is 16.1. The van der Waals surface area contributed by atoms with Crippen molar-refractivity contribution in [1.82, 2.24) is 19.7 Å². The van der Waals surface area contributed by atoms with Crippen molar-refractivity contribution in [3.63, 3.8) is 0 Å². The molecular formula is C28H32N6O. The standard InChI is InChI=1S/C28H32N6O/c1-18(2)15-29-26-27-30-16-25(20-5-7-21(8-6-20)28(35)31-22-11-12-22)34(27)17-24(32-26)19-9-13-23(14-10-19)33(3)4/h5-10,13-14,16-18,22H,11-12,15H2,1-4H3,(H,29,32)(H,31,35). The molecule has 7 nitrogen and oxygen atoms in total. The predicted octanol–water partition coefficient (Wildman–Crippen LogP) is 5.09. The van der Waals surface area contributed by atoms with Crippen LogP contribution in [0.1, 0.15) is 37.0 Å². The summed E-state index contributed by atoms with van der Waals surface area (Å²) in [4.78, 5) is 24.1. The number of nitrogens with one attached hydrogen (secondary N) is 2. The highest BCUT2D eigenvalue weighted by Gasteiger charge is 2.23. The van der Waals surface area contributed by atoms with Crippen LogP contribution in [-0.4, -0.2) is 47.0 Å². The molecule has 35 heavy (non-hydrogen) atoms. The number of hydrogen-bond donors (Lipinski definition) is 2.